The second-order valence-electron chi connectivity index (χ2n) is 4.99. The third-order valence-corrected chi connectivity index (χ3v) is 6.66. The number of allylic oxidation sites excluding steroid dienone is 3. The zero-order valence-corrected chi connectivity index (χ0v) is 11.1. The number of rotatable bonds is 3. The topological polar surface area (TPSA) is 9.23 Å². The van der Waals surface area contributed by atoms with Gasteiger partial charge in [0.1, 0.15) is 0 Å². The van der Waals surface area contributed by atoms with Crippen molar-refractivity contribution in [2.24, 2.45) is 0 Å². The maximum Gasteiger partial charge on any atom is 0.247 e. The van der Waals surface area contributed by atoms with Crippen molar-refractivity contribution in [3.05, 3.63) is 23.5 Å². The predicted molar refractivity (Wildman–Crippen MR) is 64.7 cm³/mol. The third kappa shape index (κ3) is 3.02. The molecule has 0 fully saturated rings. The van der Waals surface area contributed by atoms with Gasteiger partial charge in [-0.1, -0.05) is 25.5 Å². The molecule has 0 aromatic heterocycles. The smallest absolute Gasteiger partial charge is 0.247 e. The molecule has 0 spiro atoms. The summed E-state index contributed by atoms with van der Waals surface area (Å²) < 4.78 is 6.14. The highest BCUT2D eigenvalue weighted by Crippen LogP contribution is 2.27. The third-order valence-electron chi connectivity index (χ3n) is 3.09. The molecule has 80 valence electrons. The molecule has 1 rings (SSSR count). The largest absolute Gasteiger partial charge is 0.547 e. The normalized spacial score (nSPS) is 17.9. The monoisotopic (exact) mass is 210 g/mol. The number of hydrogen-bond acceptors (Lipinski definition) is 1. The first kappa shape index (κ1) is 11.6. The van der Waals surface area contributed by atoms with Crippen molar-refractivity contribution in [2.45, 2.75) is 52.2 Å². The van der Waals surface area contributed by atoms with Gasteiger partial charge in [-0.3, -0.25) is 0 Å². The standard InChI is InChI=1S/C12H22OSi/c1-10(2)14(4,5)13-12-8-6-11(3)7-9-12/h6,9-10H,7-8H2,1-5H3. The minimum atomic E-state index is -1.49. The number of hydrogen-bond donors (Lipinski definition) is 0. The molecule has 1 aliphatic rings. The lowest BCUT2D eigenvalue weighted by molar-refractivity contribution is 0.392. The summed E-state index contributed by atoms with van der Waals surface area (Å²) in [7, 11) is -1.49. The lowest BCUT2D eigenvalue weighted by Crippen LogP contribution is -2.33. The van der Waals surface area contributed by atoms with Gasteiger partial charge in [-0.2, -0.15) is 0 Å². The van der Waals surface area contributed by atoms with E-state index in [1.54, 1.807) is 0 Å². The van der Waals surface area contributed by atoms with E-state index in [0.29, 0.717) is 5.54 Å². The summed E-state index contributed by atoms with van der Waals surface area (Å²) in [5, 5.41) is 0. The van der Waals surface area contributed by atoms with Gasteiger partial charge in [0.05, 0.1) is 5.76 Å². The Hall–Kier alpha value is -0.503. The fourth-order valence-corrected chi connectivity index (χ4v) is 2.33. The van der Waals surface area contributed by atoms with E-state index in [-0.39, 0.29) is 0 Å². The molecule has 0 unspecified atom stereocenters. The Balaban J connectivity index is 2.54. The van der Waals surface area contributed by atoms with E-state index in [4.69, 9.17) is 4.43 Å². The minimum Gasteiger partial charge on any atom is -0.547 e. The van der Waals surface area contributed by atoms with E-state index in [2.05, 4.69) is 46.0 Å². The van der Waals surface area contributed by atoms with Crippen molar-refractivity contribution >= 4 is 8.32 Å². The Morgan fingerprint density at radius 2 is 1.86 bits per heavy atom. The van der Waals surface area contributed by atoms with Gasteiger partial charge in [-0.25, -0.2) is 0 Å². The quantitative estimate of drug-likeness (QED) is 0.500. The van der Waals surface area contributed by atoms with Gasteiger partial charge in [0.2, 0.25) is 8.32 Å². The summed E-state index contributed by atoms with van der Waals surface area (Å²) in [6.45, 7) is 11.3. The van der Waals surface area contributed by atoms with E-state index >= 15 is 0 Å². The van der Waals surface area contributed by atoms with Crippen LogP contribution in [0.4, 0.5) is 0 Å². The van der Waals surface area contributed by atoms with Crippen LogP contribution in [0.1, 0.15) is 33.6 Å². The summed E-state index contributed by atoms with van der Waals surface area (Å²) in [6.07, 6.45) is 6.58. The first-order valence-electron chi connectivity index (χ1n) is 5.45. The molecule has 0 saturated heterocycles. The van der Waals surface area contributed by atoms with E-state index in [9.17, 15) is 0 Å². The van der Waals surface area contributed by atoms with Gasteiger partial charge in [-0.05, 0) is 38.1 Å². The fraction of sp³-hybridized carbons (Fsp3) is 0.667. The summed E-state index contributed by atoms with van der Waals surface area (Å²) in [5.74, 6) is 1.20. The lowest BCUT2D eigenvalue weighted by atomic mass is 10.1. The van der Waals surface area contributed by atoms with Gasteiger partial charge in [0, 0.05) is 6.42 Å². The van der Waals surface area contributed by atoms with Crippen LogP contribution < -0.4 is 0 Å². The molecule has 0 aromatic carbocycles. The SMILES string of the molecule is CC1=CCC(O[Si](C)(C)C(C)C)=CC1. The Kier molecular flexibility index (Phi) is 3.59. The average Bonchev–Trinajstić information content (AvgIpc) is 2.08. The van der Waals surface area contributed by atoms with Crippen LogP contribution in [0, 0.1) is 0 Å². The maximum absolute atomic E-state index is 6.14. The highest BCUT2D eigenvalue weighted by molar-refractivity contribution is 6.72. The van der Waals surface area contributed by atoms with Crippen molar-refractivity contribution in [3.8, 4) is 0 Å². The van der Waals surface area contributed by atoms with Crippen molar-refractivity contribution in [1.82, 2.24) is 0 Å². The summed E-state index contributed by atoms with van der Waals surface area (Å²) >= 11 is 0. The van der Waals surface area contributed by atoms with Crippen LogP contribution in [0.15, 0.2) is 23.5 Å². The first-order valence-corrected chi connectivity index (χ1v) is 8.44. The molecule has 0 saturated carbocycles. The van der Waals surface area contributed by atoms with Gasteiger partial charge in [0.25, 0.3) is 0 Å². The molecule has 0 aromatic rings. The molecule has 2 heteroatoms. The van der Waals surface area contributed by atoms with Crippen molar-refractivity contribution in [2.75, 3.05) is 0 Å². The van der Waals surface area contributed by atoms with Crippen LogP contribution in [0.3, 0.4) is 0 Å². The van der Waals surface area contributed by atoms with Crippen molar-refractivity contribution < 1.29 is 4.43 Å². The highest BCUT2D eigenvalue weighted by atomic mass is 28.4. The van der Waals surface area contributed by atoms with Crippen LogP contribution in [-0.4, -0.2) is 8.32 Å². The Morgan fingerprint density at radius 3 is 2.29 bits per heavy atom. The van der Waals surface area contributed by atoms with Crippen LogP contribution in [0.5, 0.6) is 0 Å². The van der Waals surface area contributed by atoms with Crippen LogP contribution in [0.25, 0.3) is 0 Å². The van der Waals surface area contributed by atoms with E-state index in [1.807, 2.05) is 0 Å². The second-order valence-corrected chi connectivity index (χ2v) is 9.56. The molecule has 1 aliphatic carbocycles. The van der Waals surface area contributed by atoms with Gasteiger partial charge < -0.3 is 4.43 Å². The second kappa shape index (κ2) is 4.35. The summed E-state index contributed by atoms with van der Waals surface area (Å²) in [6, 6.07) is 0. The van der Waals surface area contributed by atoms with Crippen LogP contribution >= 0.6 is 0 Å². The van der Waals surface area contributed by atoms with Gasteiger partial charge in [-0.15, -0.1) is 0 Å². The van der Waals surface area contributed by atoms with E-state index in [0.717, 1.165) is 12.8 Å². The molecule has 0 atom stereocenters. The molecule has 0 bridgehead atoms. The van der Waals surface area contributed by atoms with Crippen molar-refractivity contribution in [1.29, 1.82) is 0 Å². The molecule has 0 heterocycles. The zero-order valence-electron chi connectivity index (χ0n) is 10.1. The molecule has 0 amide bonds. The molecule has 0 N–H and O–H groups in total. The molecule has 0 aliphatic heterocycles. The fourth-order valence-electron chi connectivity index (χ4n) is 1.26. The molecule has 14 heavy (non-hydrogen) atoms. The van der Waals surface area contributed by atoms with Crippen LogP contribution in [0.2, 0.25) is 18.6 Å². The van der Waals surface area contributed by atoms with Gasteiger partial charge in [0.15, 0.2) is 0 Å². The average molecular weight is 210 g/mol. The zero-order chi connectivity index (χ0) is 10.8. The Morgan fingerprint density at radius 1 is 1.21 bits per heavy atom. The van der Waals surface area contributed by atoms with E-state index < -0.39 is 8.32 Å². The van der Waals surface area contributed by atoms with E-state index in [1.165, 1.54) is 11.3 Å². The Labute approximate surface area is 89.0 Å². The summed E-state index contributed by atoms with van der Waals surface area (Å²) in [4.78, 5) is 0. The van der Waals surface area contributed by atoms with Crippen molar-refractivity contribution in [3.63, 3.8) is 0 Å². The first-order chi connectivity index (χ1) is 6.42. The lowest BCUT2D eigenvalue weighted by Gasteiger charge is -2.30. The molecule has 0 radical (unpaired) electrons. The van der Waals surface area contributed by atoms with Crippen LogP contribution in [-0.2, 0) is 4.43 Å². The predicted octanol–water partition coefficient (Wildman–Crippen LogP) is 4.24. The molecule has 1 nitrogen and oxygen atoms in total. The maximum atomic E-state index is 6.14. The summed E-state index contributed by atoms with van der Waals surface area (Å²) in [5.41, 5.74) is 2.14. The highest BCUT2D eigenvalue weighted by Gasteiger charge is 2.29. The Bertz CT molecular complexity index is 261. The molecular formula is C12H22OSi. The molecular weight excluding hydrogens is 188 g/mol. The minimum absolute atomic E-state index is 0.676. The van der Waals surface area contributed by atoms with Gasteiger partial charge >= 0.3 is 0 Å².